The summed E-state index contributed by atoms with van der Waals surface area (Å²) in [5, 5.41) is 4.29. The number of carbonyl (C=O) groups is 1. The number of hydrogen-bond donors (Lipinski definition) is 0. The summed E-state index contributed by atoms with van der Waals surface area (Å²) in [4.78, 5) is 16.2. The van der Waals surface area contributed by atoms with E-state index in [1.54, 1.807) is 17.1 Å². The first kappa shape index (κ1) is 10.2. The summed E-state index contributed by atoms with van der Waals surface area (Å²) in [6, 6.07) is 5.70. The maximum absolute atomic E-state index is 11.9. The molecule has 0 saturated heterocycles. The van der Waals surface area contributed by atoms with Crippen LogP contribution in [0.2, 0.25) is 0 Å². The molecule has 0 aromatic carbocycles. The number of ketones is 1. The molecule has 86 valence electrons. The first-order valence-corrected chi connectivity index (χ1v) is 5.88. The molecule has 4 heteroatoms. The quantitative estimate of drug-likeness (QED) is 0.701. The van der Waals surface area contributed by atoms with Crippen molar-refractivity contribution in [1.82, 2.24) is 14.8 Å². The summed E-state index contributed by atoms with van der Waals surface area (Å²) in [5.41, 5.74) is 1.78. The Labute approximate surface area is 99.3 Å². The van der Waals surface area contributed by atoms with Gasteiger partial charge in [-0.3, -0.25) is 4.79 Å². The van der Waals surface area contributed by atoms with E-state index in [2.05, 4.69) is 10.1 Å². The smallest absolute Gasteiger partial charge is 0.166 e. The lowest BCUT2D eigenvalue weighted by Crippen LogP contribution is -2.05. The van der Waals surface area contributed by atoms with Gasteiger partial charge in [-0.05, 0) is 31.4 Å². The van der Waals surface area contributed by atoms with Gasteiger partial charge in [0, 0.05) is 12.6 Å². The molecule has 2 heterocycles. The average molecular weight is 227 g/mol. The zero-order chi connectivity index (χ0) is 11.7. The van der Waals surface area contributed by atoms with Crippen LogP contribution in [0.3, 0.4) is 0 Å². The highest BCUT2D eigenvalue weighted by Gasteiger charge is 2.20. The molecule has 0 fully saturated rings. The zero-order valence-electron chi connectivity index (χ0n) is 9.47. The fourth-order valence-corrected chi connectivity index (χ4v) is 2.24. The molecule has 0 bridgehead atoms. The fourth-order valence-electron chi connectivity index (χ4n) is 2.24. The molecule has 2 aromatic heterocycles. The van der Waals surface area contributed by atoms with Crippen LogP contribution in [0.1, 0.15) is 35.3 Å². The highest BCUT2D eigenvalue weighted by atomic mass is 16.1. The molecule has 3 rings (SSSR count). The number of aromatic nitrogens is 3. The Morgan fingerprint density at radius 1 is 1.18 bits per heavy atom. The zero-order valence-corrected chi connectivity index (χ0v) is 9.47. The van der Waals surface area contributed by atoms with Gasteiger partial charge in [-0.25, -0.2) is 9.67 Å². The molecule has 0 saturated carbocycles. The van der Waals surface area contributed by atoms with Crippen LogP contribution in [0.15, 0.2) is 30.6 Å². The molecule has 0 atom stereocenters. The topological polar surface area (TPSA) is 47.8 Å². The Morgan fingerprint density at radius 3 is 2.88 bits per heavy atom. The van der Waals surface area contributed by atoms with Gasteiger partial charge in [-0.1, -0.05) is 6.07 Å². The van der Waals surface area contributed by atoms with Gasteiger partial charge in [0.25, 0.3) is 0 Å². The second-order valence-electron chi connectivity index (χ2n) is 4.23. The van der Waals surface area contributed by atoms with Crippen LogP contribution in [0.5, 0.6) is 0 Å². The van der Waals surface area contributed by atoms with Gasteiger partial charge >= 0.3 is 0 Å². The highest BCUT2D eigenvalue weighted by molar-refractivity contribution is 5.97. The largest absolute Gasteiger partial charge is 0.294 e. The van der Waals surface area contributed by atoms with Gasteiger partial charge in [0.1, 0.15) is 0 Å². The van der Waals surface area contributed by atoms with Crippen molar-refractivity contribution in [3.05, 3.63) is 41.9 Å². The second-order valence-corrected chi connectivity index (χ2v) is 4.23. The first-order chi connectivity index (χ1) is 8.36. The van der Waals surface area contributed by atoms with Crippen LogP contribution in [-0.4, -0.2) is 20.5 Å². The molecule has 1 aliphatic carbocycles. The molecule has 0 radical (unpaired) electrons. The van der Waals surface area contributed by atoms with Crippen molar-refractivity contribution in [2.75, 3.05) is 0 Å². The number of pyridine rings is 1. The van der Waals surface area contributed by atoms with Crippen molar-refractivity contribution >= 4 is 5.78 Å². The minimum atomic E-state index is 0.208. The van der Waals surface area contributed by atoms with Crippen molar-refractivity contribution in [3.8, 4) is 5.82 Å². The molecule has 2 aromatic rings. The summed E-state index contributed by atoms with van der Waals surface area (Å²) in [5.74, 6) is 0.989. The Morgan fingerprint density at radius 2 is 2.06 bits per heavy atom. The number of hydrogen-bond acceptors (Lipinski definition) is 3. The lowest BCUT2D eigenvalue weighted by molar-refractivity contribution is 0.0982. The molecule has 0 unspecified atom stereocenters. The predicted octanol–water partition coefficient (Wildman–Crippen LogP) is 2.18. The van der Waals surface area contributed by atoms with Crippen molar-refractivity contribution < 1.29 is 4.79 Å². The molecule has 0 N–H and O–H groups in total. The molecule has 0 aliphatic heterocycles. The Balaban J connectivity index is 2.11. The normalized spacial score (nSPS) is 15.4. The maximum Gasteiger partial charge on any atom is 0.166 e. The van der Waals surface area contributed by atoms with Crippen LogP contribution in [-0.2, 0) is 6.42 Å². The van der Waals surface area contributed by atoms with Gasteiger partial charge in [-0.2, -0.15) is 5.10 Å². The van der Waals surface area contributed by atoms with Crippen LogP contribution in [0, 0.1) is 0 Å². The van der Waals surface area contributed by atoms with E-state index in [4.69, 9.17) is 0 Å². The molecule has 1 aliphatic rings. The fraction of sp³-hybridized carbons (Fsp3) is 0.308. The number of fused-ring (bicyclic) bond motifs is 1. The monoisotopic (exact) mass is 227 g/mol. The Kier molecular flexibility index (Phi) is 2.48. The van der Waals surface area contributed by atoms with Crippen LogP contribution >= 0.6 is 0 Å². The standard InChI is InChI=1S/C13H13N3O/c17-12-6-2-1-5-11-10(12)9-15-16(11)13-7-3-4-8-14-13/h3-4,7-9H,1-2,5-6H2. The van der Waals surface area contributed by atoms with E-state index in [-0.39, 0.29) is 5.78 Å². The van der Waals surface area contributed by atoms with E-state index in [9.17, 15) is 4.79 Å². The maximum atomic E-state index is 11.9. The van der Waals surface area contributed by atoms with E-state index < -0.39 is 0 Å². The van der Waals surface area contributed by atoms with E-state index in [1.807, 2.05) is 18.2 Å². The number of Topliss-reactive ketones (excluding diaryl/α,β-unsaturated/α-hetero) is 1. The summed E-state index contributed by atoms with van der Waals surface area (Å²) < 4.78 is 1.79. The average Bonchev–Trinajstić information content (AvgIpc) is 2.71. The molecular weight excluding hydrogens is 214 g/mol. The van der Waals surface area contributed by atoms with Gasteiger partial charge in [0.2, 0.25) is 0 Å². The van der Waals surface area contributed by atoms with Crippen molar-refractivity contribution in [2.24, 2.45) is 0 Å². The van der Waals surface area contributed by atoms with E-state index >= 15 is 0 Å². The molecule has 0 spiro atoms. The molecule has 17 heavy (non-hydrogen) atoms. The lowest BCUT2D eigenvalue weighted by Gasteiger charge is -2.05. The van der Waals surface area contributed by atoms with Gasteiger partial charge < -0.3 is 0 Å². The molecule has 0 amide bonds. The summed E-state index contributed by atoms with van der Waals surface area (Å²) in [7, 11) is 0. The van der Waals surface area contributed by atoms with Gasteiger partial charge in [0.15, 0.2) is 11.6 Å². The third kappa shape index (κ3) is 1.75. The van der Waals surface area contributed by atoms with E-state index in [0.29, 0.717) is 6.42 Å². The van der Waals surface area contributed by atoms with Crippen molar-refractivity contribution in [3.63, 3.8) is 0 Å². The summed E-state index contributed by atoms with van der Waals surface area (Å²) in [6.07, 6.45) is 6.96. The number of rotatable bonds is 1. The molecule has 4 nitrogen and oxygen atoms in total. The molecular formula is C13H13N3O. The Hall–Kier alpha value is -1.97. The second kappa shape index (κ2) is 4.13. The highest BCUT2D eigenvalue weighted by Crippen LogP contribution is 2.22. The van der Waals surface area contributed by atoms with Crippen molar-refractivity contribution in [2.45, 2.75) is 25.7 Å². The number of nitrogens with zero attached hydrogens (tertiary/aromatic N) is 3. The van der Waals surface area contributed by atoms with Gasteiger partial charge in [0.05, 0.1) is 17.5 Å². The van der Waals surface area contributed by atoms with Gasteiger partial charge in [-0.15, -0.1) is 0 Å². The van der Waals surface area contributed by atoms with Crippen LogP contribution in [0.4, 0.5) is 0 Å². The third-order valence-electron chi connectivity index (χ3n) is 3.10. The SMILES string of the molecule is O=C1CCCCc2c1cnn2-c1ccccn1. The minimum absolute atomic E-state index is 0.208. The minimum Gasteiger partial charge on any atom is -0.294 e. The van der Waals surface area contributed by atoms with E-state index in [1.165, 1.54) is 0 Å². The van der Waals surface area contributed by atoms with E-state index in [0.717, 1.165) is 36.3 Å². The summed E-state index contributed by atoms with van der Waals surface area (Å²) in [6.45, 7) is 0. The lowest BCUT2D eigenvalue weighted by atomic mass is 10.1. The van der Waals surface area contributed by atoms with Crippen LogP contribution < -0.4 is 0 Å². The Bertz CT molecular complexity index is 545. The predicted molar refractivity (Wildman–Crippen MR) is 63.2 cm³/mol. The number of carbonyl (C=O) groups excluding carboxylic acids is 1. The third-order valence-corrected chi connectivity index (χ3v) is 3.10. The van der Waals surface area contributed by atoms with Crippen LogP contribution in [0.25, 0.3) is 5.82 Å². The first-order valence-electron chi connectivity index (χ1n) is 5.88. The van der Waals surface area contributed by atoms with Crippen molar-refractivity contribution in [1.29, 1.82) is 0 Å². The summed E-state index contributed by atoms with van der Waals surface area (Å²) >= 11 is 0.